The van der Waals surface area contributed by atoms with Crippen molar-refractivity contribution in [3.05, 3.63) is 65.7 Å². The van der Waals surface area contributed by atoms with E-state index in [4.69, 9.17) is 0 Å². The van der Waals surface area contributed by atoms with Crippen molar-refractivity contribution in [2.45, 2.75) is 31.1 Å². The van der Waals surface area contributed by atoms with Gasteiger partial charge in [-0.25, -0.2) is 13.1 Å². The van der Waals surface area contributed by atoms with Gasteiger partial charge in [0.15, 0.2) is 5.78 Å². The molecule has 0 aliphatic rings. The highest BCUT2D eigenvalue weighted by Crippen LogP contribution is 2.24. The molecule has 1 atom stereocenters. The summed E-state index contributed by atoms with van der Waals surface area (Å²) in [5.74, 6) is -2.32. The Bertz CT molecular complexity index is 918. The normalized spacial score (nSPS) is 12.2. The number of carbonyl (C=O) groups is 3. The van der Waals surface area contributed by atoms with Gasteiger partial charge >= 0.3 is 0 Å². The molecule has 0 saturated heterocycles. The van der Waals surface area contributed by atoms with E-state index < -0.39 is 21.8 Å². The minimum atomic E-state index is -3.98. The number of rotatable bonds is 7. The molecule has 0 spiro atoms. The number of ketones is 2. The zero-order valence-corrected chi connectivity index (χ0v) is 15.2. The summed E-state index contributed by atoms with van der Waals surface area (Å²) in [6.45, 7) is 2.86. The molecule has 2 aromatic carbocycles. The monoisotopic (exact) mass is 373 g/mol. The third-order valence-corrected chi connectivity index (χ3v) is 5.21. The van der Waals surface area contributed by atoms with Crippen LogP contribution in [0.3, 0.4) is 0 Å². The van der Waals surface area contributed by atoms with E-state index in [-0.39, 0.29) is 22.9 Å². The first-order valence-electron chi connectivity index (χ1n) is 8.01. The number of sulfonamides is 1. The number of hydrogen-bond donors (Lipinski definition) is 1. The van der Waals surface area contributed by atoms with Gasteiger partial charge in [0.1, 0.15) is 11.7 Å². The summed E-state index contributed by atoms with van der Waals surface area (Å²) in [6.07, 6.45) is 0.0370. The zero-order valence-electron chi connectivity index (χ0n) is 14.4. The Morgan fingerprint density at radius 2 is 1.54 bits per heavy atom. The van der Waals surface area contributed by atoms with E-state index >= 15 is 0 Å². The van der Waals surface area contributed by atoms with E-state index in [9.17, 15) is 22.8 Å². The molecule has 6 nitrogen and oxygen atoms in total. The first-order valence-corrected chi connectivity index (χ1v) is 9.50. The minimum absolute atomic E-state index is 0.0370. The van der Waals surface area contributed by atoms with Crippen molar-refractivity contribution in [1.82, 2.24) is 4.72 Å². The van der Waals surface area contributed by atoms with Crippen LogP contribution in [0.1, 0.15) is 42.1 Å². The molecule has 2 aromatic rings. The van der Waals surface area contributed by atoms with Gasteiger partial charge in [-0.05, 0) is 24.6 Å². The molecule has 26 heavy (non-hydrogen) atoms. The van der Waals surface area contributed by atoms with Crippen LogP contribution in [0.5, 0.6) is 0 Å². The lowest BCUT2D eigenvalue weighted by atomic mass is 9.88. The summed E-state index contributed by atoms with van der Waals surface area (Å²) < 4.78 is 26.2. The quantitative estimate of drug-likeness (QED) is 0.594. The van der Waals surface area contributed by atoms with Crippen LogP contribution in [-0.2, 0) is 19.6 Å². The van der Waals surface area contributed by atoms with Crippen LogP contribution in [-0.4, -0.2) is 25.9 Å². The SMILES string of the molecule is CCC(=O)NS(=O)(=O)c1ccc(C(C(C)=O)C(=O)c2ccccc2)cc1. The van der Waals surface area contributed by atoms with Crippen molar-refractivity contribution in [3.8, 4) is 0 Å². The molecule has 7 heteroatoms. The lowest BCUT2D eigenvalue weighted by Crippen LogP contribution is -2.29. The van der Waals surface area contributed by atoms with E-state index in [2.05, 4.69) is 0 Å². The predicted molar refractivity (Wildman–Crippen MR) is 96.3 cm³/mol. The molecule has 0 radical (unpaired) electrons. The molecule has 0 heterocycles. The third-order valence-electron chi connectivity index (χ3n) is 3.82. The fourth-order valence-electron chi connectivity index (χ4n) is 2.46. The Morgan fingerprint density at radius 3 is 2.04 bits per heavy atom. The van der Waals surface area contributed by atoms with Gasteiger partial charge in [-0.1, -0.05) is 49.4 Å². The lowest BCUT2D eigenvalue weighted by molar-refractivity contribution is -0.119. The number of benzene rings is 2. The second-order valence-corrected chi connectivity index (χ2v) is 7.41. The van der Waals surface area contributed by atoms with Gasteiger partial charge < -0.3 is 0 Å². The molecule has 136 valence electrons. The van der Waals surface area contributed by atoms with Crippen LogP contribution in [0.25, 0.3) is 0 Å². The number of nitrogens with one attached hydrogen (secondary N) is 1. The van der Waals surface area contributed by atoms with Crippen LogP contribution in [0.15, 0.2) is 59.5 Å². The van der Waals surface area contributed by atoms with E-state index in [1.807, 2.05) is 4.72 Å². The molecular formula is C19H19NO5S. The highest BCUT2D eigenvalue weighted by molar-refractivity contribution is 7.90. The van der Waals surface area contributed by atoms with Crippen molar-refractivity contribution in [3.63, 3.8) is 0 Å². The molecule has 1 N–H and O–H groups in total. The number of amides is 1. The van der Waals surface area contributed by atoms with Crippen molar-refractivity contribution >= 4 is 27.5 Å². The topological polar surface area (TPSA) is 97.4 Å². The third kappa shape index (κ3) is 4.43. The maximum Gasteiger partial charge on any atom is 0.264 e. The first kappa shape index (κ1) is 19.5. The van der Waals surface area contributed by atoms with E-state index in [1.54, 1.807) is 37.3 Å². The largest absolute Gasteiger partial charge is 0.299 e. The molecular weight excluding hydrogens is 354 g/mol. The molecule has 1 unspecified atom stereocenters. The average Bonchev–Trinajstić information content (AvgIpc) is 2.62. The lowest BCUT2D eigenvalue weighted by Gasteiger charge is -2.14. The molecule has 0 aliphatic carbocycles. The molecule has 1 amide bonds. The van der Waals surface area contributed by atoms with Crippen molar-refractivity contribution < 1.29 is 22.8 Å². The summed E-state index contributed by atoms with van der Waals surface area (Å²) in [4.78, 5) is 35.9. The molecule has 0 fully saturated rings. The Kier molecular flexibility index (Phi) is 6.05. The van der Waals surface area contributed by atoms with Gasteiger partial charge in [0.2, 0.25) is 5.91 Å². The maximum atomic E-state index is 12.7. The van der Waals surface area contributed by atoms with E-state index in [1.165, 1.54) is 31.2 Å². The summed E-state index contributed by atoms with van der Waals surface area (Å²) in [5.41, 5.74) is 0.798. The van der Waals surface area contributed by atoms with Crippen LogP contribution in [0, 0.1) is 0 Å². The predicted octanol–water partition coefficient (Wildman–Crippen LogP) is 2.46. The van der Waals surface area contributed by atoms with Gasteiger partial charge in [0.25, 0.3) is 10.0 Å². The van der Waals surface area contributed by atoms with Crippen molar-refractivity contribution in [2.75, 3.05) is 0 Å². The zero-order chi connectivity index (χ0) is 19.3. The van der Waals surface area contributed by atoms with Crippen molar-refractivity contribution in [2.24, 2.45) is 0 Å². The van der Waals surface area contributed by atoms with Gasteiger partial charge in [-0.3, -0.25) is 14.4 Å². The summed E-state index contributed by atoms with van der Waals surface area (Å²) in [6, 6.07) is 13.8. The average molecular weight is 373 g/mol. The van der Waals surface area contributed by atoms with Crippen LogP contribution < -0.4 is 4.72 Å². The molecule has 2 rings (SSSR count). The van der Waals surface area contributed by atoms with Crippen molar-refractivity contribution in [1.29, 1.82) is 0 Å². The molecule has 0 saturated carbocycles. The van der Waals surface area contributed by atoms with Gasteiger partial charge in [-0.2, -0.15) is 0 Å². The van der Waals surface area contributed by atoms with Gasteiger partial charge in [0, 0.05) is 12.0 Å². The van der Waals surface area contributed by atoms with Gasteiger partial charge in [-0.15, -0.1) is 0 Å². The Balaban J connectivity index is 2.33. The number of carbonyl (C=O) groups excluding carboxylic acids is 3. The smallest absolute Gasteiger partial charge is 0.264 e. The van der Waals surface area contributed by atoms with E-state index in [0.717, 1.165) is 0 Å². The Morgan fingerprint density at radius 1 is 0.962 bits per heavy atom. The Labute approximate surface area is 152 Å². The van der Waals surface area contributed by atoms with Crippen LogP contribution >= 0.6 is 0 Å². The number of Topliss-reactive ketones (excluding diaryl/α,β-unsaturated/α-hetero) is 2. The maximum absolute atomic E-state index is 12.7. The summed E-state index contributed by atoms with van der Waals surface area (Å²) in [5, 5.41) is 0. The molecule has 0 aromatic heterocycles. The van der Waals surface area contributed by atoms with Crippen LogP contribution in [0.2, 0.25) is 0 Å². The second-order valence-electron chi connectivity index (χ2n) is 5.73. The molecule has 0 bridgehead atoms. The number of hydrogen-bond acceptors (Lipinski definition) is 5. The minimum Gasteiger partial charge on any atom is -0.299 e. The van der Waals surface area contributed by atoms with E-state index in [0.29, 0.717) is 11.1 Å². The van der Waals surface area contributed by atoms with Crippen LogP contribution in [0.4, 0.5) is 0 Å². The first-order chi connectivity index (χ1) is 12.3. The summed E-state index contributed by atoms with van der Waals surface area (Å²) >= 11 is 0. The second kappa shape index (κ2) is 8.05. The van der Waals surface area contributed by atoms with Gasteiger partial charge in [0.05, 0.1) is 4.90 Å². The highest BCUT2D eigenvalue weighted by atomic mass is 32.2. The fraction of sp³-hybridized carbons (Fsp3) is 0.211. The molecule has 0 aliphatic heterocycles. The standard InChI is InChI=1S/C19H19NO5S/c1-3-17(22)20-26(24,25)16-11-9-14(10-12-16)18(13(2)21)19(23)15-7-5-4-6-8-15/h4-12,18H,3H2,1-2H3,(H,20,22). The Hall–Kier alpha value is -2.80. The highest BCUT2D eigenvalue weighted by Gasteiger charge is 2.27. The summed E-state index contributed by atoms with van der Waals surface area (Å²) in [7, 11) is -3.98. The fourth-order valence-corrected chi connectivity index (χ4v) is 3.52.